The first kappa shape index (κ1) is 16.3. The highest BCUT2D eigenvalue weighted by Crippen LogP contribution is 2.29. The van der Waals surface area contributed by atoms with Crippen LogP contribution in [-0.4, -0.2) is 42.5 Å². The van der Waals surface area contributed by atoms with Gasteiger partial charge in [-0.3, -0.25) is 14.5 Å². The topological polar surface area (TPSA) is 49.9 Å². The average molecular weight is 304 g/mol. The van der Waals surface area contributed by atoms with Gasteiger partial charge in [0, 0.05) is 20.0 Å². The van der Waals surface area contributed by atoms with Crippen molar-refractivity contribution in [1.82, 2.24) is 4.90 Å². The van der Waals surface area contributed by atoms with Gasteiger partial charge in [-0.2, -0.15) is 0 Å². The molecule has 0 spiro atoms. The highest BCUT2D eigenvalue weighted by Gasteiger charge is 2.24. The minimum absolute atomic E-state index is 0.00393. The Morgan fingerprint density at radius 3 is 2.45 bits per heavy atom. The Morgan fingerprint density at radius 2 is 1.86 bits per heavy atom. The predicted molar refractivity (Wildman–Crippen MR) is 86.0 cm³/mol. The number of likely N-dealkylation sites (tertiary alicyclic amines) is 1. The first-order valence-corrected chi connectivity index (χ1v) is 7.80. The molecule has 1 aromatic carbocycles. The Bertz CT molecular complexity index is 536. The van der Waals surface area contributed by atoms with E-state index in [0.717, 1.165) is 25.9 Å². The maximum Gasteiger partial charge on any atom is 0.242 e. The molecule has 0 saturated carbocycles. The van der Waals surface area contributed by atoms with Gasteiger partial charge in [0.15, 0.2) is 0 Å². The van der Waals surface area contributed by atoms with Crippen LogP contribution in [0.25, 0.3) is 0 Å². The summed E-state index contributed by atoms with van der Waals surface area (Å²) in [6, 6.07) is 7.35. The molecule has 120 valence electrons. The zero-order valence-electron chi connectivity index (χ0n) is 13.5. The second kappa shape index (κ2) is 7.29. The fourth-order valence-corrected chi connectivity index (χ4v) is 2.60. The molecule has 5 nitrogen and oxygen atoms in total. The number of rotatable bonds is 5. The molecular formula is C17H24N2O3. The lowest BCUT2D eigenvalue weighted by molar-refractivity contribution is -0.130. The molecule has 1 aliphatic heterocycles. The lowest BCUT2D eigenvalue weighted by atomic mass is 10.2. The number of amides is 2. The third-order valence-corrected chi connectivity index (χ3v) is 3.65. The second-order valence-corrected chi connectivity index (χ2v) is 5.83. The lowest BCUT2D eigenvalue weighted by Gasteiger charge is -2.26. The van der Waals surface area contributed by atoms with Crippen LogP contribution in [0.5, 0.6) is 5.75 Å². The Hall–Kier alpha value is -2.04. The van der Waals surface area contributed by atoms with Crippen molar-refractivity contribution in [2.75, 3.05) is 24.5 Å². The van der Waals surface area contributed by atoms with Crippen molar-refractivity contribution in [2.45, 2.75) is 39.7 Å². The molecule has 0 N–H and O–H groups in total. The number of nitrogens with zero attached hydrogens (tertiary/aromatic N) is 2. The Morgan fingerprint density at radius 1 is 1.23 bits per heavy atom. The SMILES string of the molecule is CC(=O)N(CC(=O)N1CCCC1)c1ccccc1OC(C)C. The maximum absolute atomic E-state index is 12.4. The molecule has 0 atom stereocenters. The summed E-state index contributed by atoms with van der Waals surface area (Å²) in [5.41, 5.74) is 0.649. The highest BCUT2D eigenvalue weighted by molar-refractivity contribution is 5.98. The summed E-state index contributed by atoms with van der Waals surface area (Å²) in [5.74, 6) is 0.460. The molecule has 0 aliphatic carbocycles. The van der Waals surface area contributed by atoms with Crippen molar-refractivity contribution in [3.8, 4) is 5.75 Å². The molecule has 0 unspecified atom stereocenters. The number of ether oxygens (including phenoxy) is 1. The minimum Gasteiger partial charge on any atom is -0.489 e. The molecule has 1 saturated heterocycles. The Labute approximate surface area is 131 Å². The molecule has 5 heteroatoms. The maximum atomic E-state index is 12.4. The molecule has 0 bridgehead atoms. The Kier molecular flexibility index (Phi) is 5.41. The van der Waals surface area contributed by atoms with E-state index >= 15 is 0 Å². The van der Waals surface area contributed by atoms with Gasteiger partial charge in [-0.25, -0.2) is 0 Å². The largest absolute Gasteiger partial charge is 0.489 e. The van der Waals surface area contributed by atoms with Gasteiger partial charge < -0.3 is 9.64 Å². The summed E-state index contributed by atoms with van der Waals surface area (Å²) in [5, 5.41) is 0. The van der Waals surface area contributed by atoms with Crippen LogP contribution < -0.4 is 9.64 Å². The molecule has 22 heavy (non-hydrogen) atoms. The monoisotopic (exact) mass is 304 g/mol. The lowest BCUT2D eigenvalue weighted by Crippen LogP contribution is -2.41. The molecule has 1 heterocycles. The van der Waals surface area contributed by atoms with Crippen molar-refractivity contribution in [2.24, 2.45) is 0 Å². The van der Waals surface area contributed by atoms with Crippen LogP contribution in [0, 0.1) is 0 Å². The van der Waals surface area contributed by atoms with E-state index in [-0.39, 0.29) is 24.5 Å². The van der Waals surface area contributed by atoms with Gasteiger partial charge in [-0.05, 0) is 38.8 Å². The molecule has 0 radical (unpaired) electrons. The van der Waals surface area contributed by atoms with Gasteiger partial charge in [0.1, 0.15) is 12.3 Å². The second-order valence-electron chi connectivity index (χ2n) is 5.83. The van der Waals surface area contributed by atoms with Gasteiger partial charge in [-0.1, -0.05) is 12.1 Å². The number of carbonyl (C=O) groups excluding carboxylic acids is 2. The van der Waals surface area contributed by atoms with Crippen LogP contribution in [-0.2, 0) is 9.59 Å². The van der Waals surface area contributed by atoms with Crippen LogP contribution in [0.4, 0.5) is 5.69 Å². The third kappa shape index (κ3) is 4.00. The fraction of sp³-hybridized carbons (Fsp3) is 0.529. The number of para-hydroxylation sites is 2. The number of hydrogen-bond acceptors (Lipinski definition) is 3. The summed E-state index contributed by atoms with van der Waals surface area (Å²) in [6.45, 7) is 6.98. The summed E-state index contributed by atoms with van der Waals surface area (Å²) in [4.78, 5) is 27.7. The first-order valence-electron chi connectivity index (χ1n) is 7.80. The van der Waals surface area contributed by atoms with Gasteiger partial charge in [0.25, 0.3) is 0 Å². The fourth-order valence-electron chi connectivity index (χ4n) is 2.60. The summed E-state index contributed by atoms with van der Waals surface area (Å²) in [7, 11) is 0. The van der Waals surface area contributed by atoms with E-state index in [2.05, 4.69) is 0 Å². The third-order valence-electron chi connectivity index (χ3n) is 3.65. The van der Waals surface area contributed by atoms with E-state index in [9.17, 15) is 9.59 Å². The molecule has 1 fully saturated rings. The first-order chi connectivity index (χ1) is 10.5. The van der Waals surface area contributed by atoms with E-state index in [0.29, 0.717) is 11.4 Å². The molecule has 0 aromatic heterocycles. The Balaban J connectivity index is 2.20. The normalized spacial score (nSPS) is 14.3. The van der Waals surface area contributed by atoms with Crippen molar-refractivity contribution >= 4 is 17.5 Å². The van der Waals surface area contributed by atoms with Crippen LogP contribution in [0.15, 0.2) is 24.3 Å². The molecule has 1 aromatic rings. The molecular weight excluding hydrogens is 280 g/mol. The zero-order valence-corrected chi connectivity index (χ0v) is 13.5. The van der Waals surface area contributed by atoms with E-state index in [4.69, 9.17) is 4.74 Å². The minimum atomic E-state index is -0.160. The zero-order chi connectivity index (χ0) is 16.1. The summed E-state index contributed by atoms with van der Waals surface area (Å²) in [6.07, 6.45) is 2.08. The van der Waals surface area contributed by atoms with Crippen molar-refractivity contribution in [3.63, 3.8) is 0 Å². The number of benzene rings is 1. The van der Waals surface area contributed by atoms with Gasteiger partial charge in [0.2, 0.25) is 11.8 Å². The summed E-state index contributed by atoms with van der Waals surface area (Å²) >= 11 is 0. The number of carbonyl (C=O) groups is 2. The van der Waals surface area contributed by atoms with Gasteiger partial charge >= 0.3 is 0 Å². The average Bonchev–Trinajstić information content (AvgIpc) is 2.99. The standard InChI is InChI=1S/C17H24N2O3/c1-13(2)22-16-9-5-4-8-15(16)19(14(3)20)12-17(21)18-10-6-7-11-18/h4-5,8-9,13H,6-7,10-12H2,1-3H3. The van der Waals surface area contributed by atoms with Crippen molar-refractivity contribution < 1.29 is 14.3 Å². The van der Waals surface area contributed by atoms with Crippen LogP contribution in [0.3, 0.4) is 0 Å². The number of anilines is 1. The van der Waals surface area contributed by atoms with E-state index in [1.54, 1.807) is 0 Å². The smallest absolute Gasteiger partial charge is 0.242 e. The van der Waals surface area contributed by atoms with Crippen molar-refractivity contribution in [3.05, 3.63) is 24.3 Å². The summed E-state index contributed by atoms with van der Waals surface area (Å²) < 4.78 is 5.76. The van der Waals surface area contributed by atoms with Crippen LogP contribution >= 0.6 is 0 Å². The van der Waals surface area contributed by atoms with Crippen molar-refractivity contribution in [1.29, 1.82) is 0 Å². The van der Waals surface area contributed by atoms with E-state index in [1.165, 1.54) is 11.8 Å². The molecule has 1 aliphatic rings. The number of hydrogen-bond donors (Lipinski definition) is 0. The quantitative estimate of drug-likeness (QED) is 0.839. The van der Waals surface area contributed by atoms with E-state index < -0.39 is 0 Å². The van der Waals surface area contributed by atoms with Gasteiger partial charge in [-0.15, -0.1) is 0 Å². The van der Waals surface area contributed by atoms with Gasteiger partial charge in [0.05, 0.1) is 11.8 Å². The molecule has 2 rings (SSSR count). The van der Waals surface area contributed by atoms with Crippen LogP contribution in [0.1, 0.15) is 33.6 Å². The predicted octanol–water partition coefficient (Wildman–Crippen LogP) is 2.45. The van der Waals surface area contributed by atoms with Crippen LogP contribution in [0.2, 0.25) is 0 Å². The van der Waals surface area contributed by atoms with E-state index in [1.807, 2.05) is 43.0 Å². The highest BCUT2D eigenvalue weighted by atomic mass is 16.5. The molecule has 2 amide bonds.